The van der Waals surface area contributed by atoms with Crippen molar-refractivity contribution in [3.05, 3.63) is 18.1 Å². The predicted octanol–water partition coefficient (Wildman–Crippen LogP) is -0.0149. The first-order chi connectivity index (χ1) is 9.17. The molecule has 0 amide bonds. The molecule has 0 aromatic carbocycles. The lowest BCUT2D eigenvalue weighted by atomic mass is 10.2. The molecule has 2 aromatic rings. The lowest BCUT2D eigenvalue weighted by molar-refractivity contribution is -0.0108. The molecule has 102 valence electrons. The molecule has 1 fully saturated rings. The summed E-state index contributed by atoms with van der Waals surface area (Å²) >= 11 is 0. The molecule has 0 saturated carbocycles. The van der Waals surface area contributed by atoms with Crippen molar-refractivity contribution in [2.45, 2.75) is 26.1 Å². The summed E-state index contributed by atoms with van der Waals surface area (Å²) in [4.78, 5) is 10.7. The van der Waals surface area contributed by atoms with E-state index in [9.17, 15) is 0 Å². The Balaban J connectivity index is 2.00. The fraction of sp³-hybridized carbons (Fsp3) is 0.583. The largest absolute Gasteiger partial charge is 0.370 e. The SMILES string of the molecule is Cc1cc(N2CC(C)OC(CN)C2)n2ncnc2n1. The number of anilines is 1. The second kappa shape index (κ2) is 4.75. The second-order valence-electron chi connectivity index (χ2n) is 4.94. The summed E-state index contributed by atoms with van der Waals surface area (Å²) in [6.07, 6.45) is 1.72. The van der Waals surface area contributed by atoms with Crippen LogP contribution >= 0.6 is 0 Å². The summed E-state index contributed by atoms with van der Waals surface area (Å²) in [7, 11) is 0. The van der Waals surface area contributed by atoms with Crippen LogP contribution in [0.25, 0.3) is 5.78 Å². The van der Waals surface area contributed by atoms with Crippen molar-refractivity contribution in [2.24, 2.45) is 5.73 Å². The number of fused-ring (bicyclic) bond motifs is 1. The number of aryl methyl sites for hydroxylation is 1. The molecule has 2 unspecified atom stereocenters. The average Bonchev–Trinajstić information content (AvgIpc) is 2.84. The van der Waals surface area contributed by atoms with Gasteiger partial charge in [0.2, 0.25) is 0 Å². The quantitative estimate of drug-likeness (QED) is 0.819. The van der Waals surface area contributed by atoms with Gasteiger partial charge >= 0.3 is 0 Å². The van der Waals surface area contributed by atoms with Crippen LogP contribution < -0.4 is 10.6 Å². The van der Waals surface area contributed by atoms with Crippen LogP contribution in [-0.4, -0.2) is 51.4 Å². The molecule has 2 atom stereocenters. The summed E-state index contributed by atoms with van der Waals surface area (Å²) in [5.74, 6) is 1.62. The number of ether oxygens (including phenoxy) is 1. The molecule has 0 spiro atoms. The van der Waals surface area contributed by atoms with Crippen molar-refractivity contribution in [3.8, 4) is 0 Å². The zero-order valence-electron chi connectivity index (χ0n) is 11.2. The standard InChI is InChI=1S/C12H18N6O/c1-8-3-11(18-12(16-8)14-7-15-18)17-5-9(2)19-10(4-13)6-17/h3,7,9-10H,4-6,13H2,1-2H3. The number of morpholine rings is 1. The van der Waals surface area contributed by atoms with Gasteiger partial charge in [0, 0.05) is 31.4 Å². The third-order valence-corrected chi connectivity index (χ3v) is 3.27. The minimum absolute atomic E-state index is 0.0517. The molecule has 0 aliphatic carbocycles. The monoisotopic (exact) mass is 262 g/mol. The van der Waals surface area contributed by atoms with E-state index in [0.29, 0.717) is 12.3 Å². The highest BCUT2D eigenvalue weighted by molar-refractivity contribution is 5.47. The number of aromatic nitrogens is 4. The maximum atomic E-state index is 5.78. The normalized spacial score (nSPS) is 24.1. The van der Waals surface area contributed by atoms with E-state index < -0.39 is 0 Å². The van der Waals surface area contributed by atoms with Crippen LogP contribution in [0.2, 0.25) is 0 Å². The van der Waals surface area contributed by atoms with Crippen molar-refractivity contribution in [1.29, 1.82) is 0 Å². The molecule has 0 radical (unpaired) electrons. The summed E-state index contributed by atoms with van der Waals surface area (Å²) in [5, 5.41) is 4.24. The minimum atomic E-state index is 0.0517. The Morgan fingerprint density at radius 2 is 2.32 bits per heavy atom. The van der Waals surface area contributed by atoms with Crippen LogP contribution in [0.5, 0.6) is 0 Å². The van der Waals surface area contributed by atoms with Gasteiger partial charge in [0.1, 0.15) is 12.1 Å². The van der Waals surface area contributed by atoms with Crippen molar-refractivity contribution < 1.29 is 4.74 Å². The third kappa shape index (κ3) is 2.26. The molecule has 1 aliphatic rings. The second-order valence-corrected chi connectivity index (χ2v) is 4.94. The van der Waals surface area contributed by atoms with Crippen molar-refractivity contribution >= 4 is 11.6 Å². The number of rotatable bonds is 2. The van der Waals surface area contributed by atoms with E-state index in [2.05, 4.69) is 26.9 Å². The molecule has 2 N–H and O–H groups in total. The van der Waals surface area contributed by atoms with Crippen LogP contribution in [0.4, 0.5) is 5.82 Å². The molecule has 19 heavy (non-hydrogen) atoms. The predicted molar refractivity (Wildman–Crippen MR) is 71.1 cm³/mol. The van der Waals surface area contributed by atoms with Gasteiger partial charge in [0.05, 0.1) is 12.2 Å². The summed E-state index contributed by atoms with van der Waals surface area (Å²) in [6.45, 7) is 6.11. The van der Waals surface area contributed by atoms with Crippen LogP contribution in [-0.2, 0) is 4.74 Å². The van der Waals surface area contributed by atoms with Crippen molar-refractivity contribution in [2.75, 3.05) is 24.5 Å². The van der Waals surface area contributed by atoms with E-state index in [-0.39, 0.29) is 12.2 Å². The molecular formula is C12H18N6O. The Bertz CT molecular complexity index is 583. The van der Waals surface area contributed by atoms with E-state index >= 15 is 0 Å². The highest BCUT2D eigenvalue weighted by atomic mass is 16.5. The highest BCUT2D eigenvalue weighted by Gasteiger charge is 2.26. The van der Waals surface area contributed by atoms with Gasteiger partial charge in [-0.2, -0.15) is 14.6 Å². The Morgan fingerprint density at radius 1 is 1.47 bits per heavy atom. The van der Waals surface area contributed by atoms with Crippen molar-refractivity contribution in [3.63, 3.8) is 0 Å². The van der Waals surface area contributed by atoms with E-state index in [0.717, 1.165) is 24.6 Å². The van der Waals surface area contributed by atoms with E-state index in [4.69, 9.17) is 10.5 Å². The lowest BCUT2D eigenvalue weighted by Crippen LogP contribution is -2.50. The fourth-order valence-electron chi connectivity index (χ4n) is 2.50. The average molecular weight is 262 g/mol. The van der Waals surface area contributed by atoms with E-state index in [1.807, 2.05) is 13.0 Å². The van der Waals surface area contributed by atoms with Gasteiger partial charge in [0.15, 0.2) is 0 Å². The Hall–Kier alpha value is -1.73. The van der Waals surface area contributed by atoms with E-state index in [1.165, 1.54) is 6.33 Å². The van der Waals surface area contributed by atoms with Gasteiger partial charge in [-0.25, -0.2) is 4.98 Å². The molecule has 0 bridgehead atoms. The maximum Gasteiger partial charge on any atom is 0.254 e. The zero-order valence-corrected chi connectivity index (χ0v) is 11.2. The molecular weight excluding hydrogens is 244 g/mol. The van der Waals surface area contributed by atoms with Gasteiger partial charge in [-0.05, 0) is 13.8 Å². The first kappa shape index (κ1) is 12.3. The summed E-state index contributed by atoms with van der Waals surface area (Å²) < 4.78 is 7.55. The highest BCUT2D eigenvalue weighted by Crippen LogP contribution is 2.20. The third-order valence-electron chi connectivity index (χ3n) is 3.27. The van der Waals surface area contributed by atoms with Gasteiger partial charge in [-0.3, -0.25) is 0 Å². The van der Waals surface area contributed by atoms with Crippen LogP contribution in [0, 0.1) is 6.92 Å². The Labute approximate surface area is 111 Å². The number of hydrogen-bond donors (Lipinski definition) is 1. The molecule has 3 heterocycles. The summed E-state index contributed by atoms with van der Waals surface area (Å²) in [5.41, 5.74) is 6.66. The molecule has 3 rings (SSSR count). The minimum Gasteiger partial charge on any atom is -0.370 e. The number of nitrogens with two attached hydrogens (primary N) is 1. The van der Waals surface area contributed by atoms with Gasteiger partial charge in [-0.1, -0.05) is 0 Å². The van der Waals surface area contributed by atoms with Gasteiger partial charge in [-0.15, -0.1) is 0 Å². The number of hydrogen-bond acceptors (Lipinski definition) is 6. The Kier molecular flexibility index (Phi) is 3.08. The van der Waals surface area contributed by atoms with Crippen LogP contribution in [0.3, 0.4) is 0 Å². The Morgan fingerprint density at radius 3 is 3.11 bits per heavy atom. The molecule has 7 heteroatoms. The molecule has 2 aromatic heterocycles. The zero-order chi connectivity index (χ0) is 13.4. The first-order valence-electron chi connectivity index (χ1n) is 6.45. The fourth-order valence-corrected chi connectivity index (χ4v) is 2.50. The smallest absolute Gasteiger partial charge is 0.254 e. The topological polar surface area (TPSA) is 81.6 Å². The molecule has 1 aliphatic heterocycles. The van der Waals surface area contributed by atoms with Gasteiger partial charge in [0.25, 0.3) is 5.78 Å². The lowest BCUT2D eigenvalue weighted by Gasteiger charge is -2.37. The summed E-state index contributed by atoms with van der Waals surface area (Å²) in [6, 6.07) is 2.02. The first-order valence-corrected chi connectivity index (χ1v) is 6.45. The maximum absolute atomic E-state index is 5.78. The van der Waals surface area contributed by atoms with Gasteiger partial charge < -0.3 is 15.4 Å². The van der Waals surface area contributed by atoms with Crippen LogP contribution in [0.1, 0.15) is 12.6 Å². The molecule has 7 nitrogen and oxygen atoms in total. The van der Waals surface area contributed by atoms with Crippen molar-refractivity contribution in [1.82, 2.24) is 19.6 Å². The molecule has 1 saturated heterocycles. The number of nitrogens with zero attached hydrogens (tertiary/aromatic N) is 5. The van der Waals surface area contributed by atoms with Crippen LogP contribution in [0.15, 0.2) is 12.4 Å². The van der Waals surface area contributed by atoms with E-state index in [1.54, 1.807) is 4.52 Å².